The van der Waals surface area contributed by atoms with Crippen molar-refractivity contribution in [3.05, 3.63) is 35.6 Å². The molecule has 2 atom stereocenters. The van der Waals surface area contributed by atoms with Gasteiger partial charge in [-0.1, -0.05) is 18.2 Å². The molecule has 1 aliphatic heterocycles. The molecule has 2 rings (SSSR count). The number of benzene rings is 1. The summed E-state index contributed by atoms with van der Waals surface area (Å²) in [5.41, 5.74) is 0.631. The van der Waals surface area contributed by atoms with E-state index in [1.165, 1.54) is 6.07 Å². The quantitative estimate of drug-likeness (QED) is 0.897. The first-order valence-electron chi connectivity index (χ1n) is 7.42. The normalized spacial score (nSPS) is 23.0. The van der Waals surface area contributed by atoms with E-state index in [-0.39, 0.29) is 23.9 Å². The second-order valence-electron chi connectivity index (χ2n) is 5.64. The minimum Gasteiger partial charge on any atom is -0.373 e. The average Bonchev–Trinajstić information content (AvgIpc) is 2.39. The van der Waals surface area contributed by atoms with Gasteiger partial charge in [0.05, 0.1) is 18.8 Å². The number of hydrogen-bond donors (Lipinski definition) is 1. The van der Waals surface area contributed by atoms with Crippen molar-refractivity contribution in [1.82, 2.24) is 10.2 Å². The van der Waals surface area contributed by atoms with Crippen molar-refractivity contribution in [2.45, 2.75) is 32.5 Å². The standard InChI is InChI=1S/C16H23FN2O2/c1-12-9-19(10-13(2)21-12)11-16(20)18-8-7-14-5-3-4-6-15(14)17/h3-6,12-13H,7-11H2,1-2H3,(H,18,20)/t12-,13+. The summed E-state index contributed by atoms with van der Waals surface area (Å²) in [6.07, 6.45) is 0.814. The predicted octanol–water partition coefficient (Wildman–Crippen LogP) is 1.59. The van der Waals surface area contributed by atoms with Crippen LogP contribution in [0.1, 0.15) is 19.4 Å². The SMILES string of the molecule is C[C@@H]1CN(CC(=O)NCCc2ccccc2F)C[C@H](C)O1. The molecule has 1 N–H and O–H groups in total. The van der Waals surface area contributed by atoms with Crippen LogP contribution in [0.25, 0.3) is 0 Å². The summed E-state index contributed by atoms with van der Waals surface area (Å²) in [4.78, 5) is 14.0. The third-order valence-corrected chi connectivity index (χ3v) is 3.54. The van der Waals surface area contributed by atoms with Crippen LogP contribution >= 0.6 is 0 Å². The first kappa shape index (κ1) is 15.9. The fourth-order valence-electron chi connectivity index (χ4n) is 2.71. The Bertz CT molecular complexity index is 471. The molecule has 0 saturated carbocycles. The van der Waals surface area contributed by atoms with E-state index in [9.17, 15) is 9.18 Å². The number of hydrogen-bond acceptors (Lipinski definition) is 3. The van der Waals surface area contributed by atoms with Crippen LogP contribution in [-0.2, 0) is 16.0 Å². The van der Waals surface area contributed by atoms with E-state index in [1.807, 2.05) is 13.8 Å². The first-order chi connectivity index (χ1) is 10.0. The van der Waals surface area contributed by atoms with Crippen LogP contribution in [0.4, 0.5) is 4.39 Å². The highest BCUT2D eigenvalue weighted by Crippen LogP contribution is 2.10. The molecule has 0 bridgehead atoms. The predicted molar refractivity (Wildman–Crippen MR) is 79.6 cm³/mol. The van der Waals surface area contributed by atoms with Gasteiger partial charge in [0.25, 0.3) is 0 Å². The Hall–Kier alpha value is -1.46. The summed E-state index contributed by atoms with van der Waals surface area (Å²) in [6, 6.07) is 6.65. The third kappa shape index (κ3) is 5.10. The lowest BCUT2D eigenvalue weighted by Crippen LogP contribution is -2.49. The number of morpholine rings is 1. The molecule has 116 valence electrons. The molecule has 1 amide bonds. The molecule has 5 heteroatoms. The van der Waals surface area contributed by atoms with Crippen molar-refractivity contribution >= 4 is 5.91 Å². The molecular weight excluding hydrogens is 271 g/mol. The highest BCUT2D eigenvalue weighted by atomic mass is 19.1. The van der Waals surface area contributed by atoms with Crippen molar-refractivity contribution in [3.63, 3.8) is 0 Å². The molecule has 0 aromatic heterocycles. The van der Waals surface area contributed by atoms with Crippen molar-refractivity contribution in [2.75, 3.05) is 26.2 Å². The first-order valence-corrected chi connectivity index (χ1v) is 7.42. The maximum absolute atomic E-state index is 13.4. The smallest absolute Gasteiger partial charge is 0.234 e. The van der Waals surface area contributed by atoms with Crippen LogP contribution in [0.3, 0.4) is 0 Å². The molecule has 1 fully saturated rings. The van der Waals surface area contributed by atoms with Gasteiger partial charge in [-0.2, -0.15) is 0 Å². The van der Waals surface area contributed by atoms with Gasteiger partial charge in [-0.25, -0.2) is 4.39 Å². The summed E-state index contributed by atoms with van der Waals surface area (Å²) in [5.74, 6) is -0.241. The fraction of sp³-hybridized carbons (Fsp3) is 0.562. The van der Waals surface area contributed by atoms with E-state index in [0.717, 1.165) is 13.1 Å². The van der Waals surface area contributed by atoms with E-state index in [2.05, 4.69) is 10.2 Å². The number of amides is 1. The van der Waals surface area contributed by atoms with Gasteiger partial charge < -0.3 is 10.1 Å². The lowest BCUT2D eigenvalue weighted by atomic mass is 10.1. The topological polar surface area (TPSA) is 41.6 Å². The Labute approximate surface area is 125 Å². The van der Waals surface area contributed by atoms with Crippen LogP contribution in [0.15, 0.2) is 24.3 Å². The van der Waals surface area contributed by atoms with Gasteiger partial charge in [-0.15, -0.1) is 0 Å². The Balaban J connectivity index is 1.71. The minimum atomic E-state index is -0.220. The van der Waals surface area contributed by atoms with Gasteiger partial charge in [-0.05, 0) is 31.9 Å². The van der Waals surface area contributed by atoms with Crippen molar-refractivity contribution in [1.29, 1.82) is 0 Å². The number of ether oxygens (including phenoxy) is 1. The van der Waals surface area contributed by atoms with Crippen LogP contribution in [-0.4, -0.2) is 49.2 Å². The lowest BCUT2D eigenvalue weighted by molar-refractivity contribution is -0.125. The number of nitrogens with one attached hydrogen (secondary N) is 1. The number of nitrogens with zero attached hydrogens (tertiary/aromatic N) is 1. The highest BCUT2D eigenvalue weighted by molar-refractivity contribution is 5.78. The number of halogens is 1. The van der Waals surface area contributed by atoms with E-state index >= 15 is 0 Å². The second kappa shape index (κ2) is 7.52. The van der Waals surface area contributed by atoms with Crippen molar-refractivity contribution in [2.24, 2.45) is 0 Å². The van der Waals surface area contributed by atoms with E-state index in [1.54, 1.807) is 18.2 Å². The fourth-order valence-corrected chi connectivity index (χ4v) is 2.71. The third-order valence-electron chi connectivity index (χ3n) is 3.54. The number of rotatable bonds is 5. The Kier molecular flexibility index (Phi) is 5.70. The maximum Gasteiger partial charge on any atom is 0.234 e. The van der Waals surface area contributed by atoms with Gasteiger partial charge in [-0.3, -0.25) is 9.69 Å². The Morgan fingerprint density at radius 2 is 2.00 bits per heavy atom. The molecular formula is C16H23FN2O2. The Morgan fingerprint density at radius 3 is 2.67 bits per heavy atom. The van der Waals surface area contributed by atoms with Crippen LogP contribution in [0.5, 0.6) is 0 Å². The molecule has 21 heavy (non-hydrogen) atoms. The lowest BCUT2D eigenvalue weighted by Gasteiger charge is -2.34. The van der Waals surface area contributed by atoms with Gasteiger partial charge in [0.1, 0.15) is 5.82 Å². The van der Waals surface area contributed by atoms with E-state index < -0.39 is 0 Å². The van der Waals surface area contributed by atoms with Crippen LogP contribution in [0.2, 0.25) is 0 Å². The van der Waals surface area contributed by atoms with Crippen LogP contribution < -0.4 is 5.32 Å². The monoisotopic (exact) mass is 294 g/mol. The second-order valence-corrected chi connectivity index (χ2v) is 5.64. The minimum absolute atomic E-state index is 0.0207. The summed E-state index contributed by atoms with van der Waals surface area (Å²) >= 11 is 0. The van der Waals surface area contributed by atoms with Crippen LogP contribution in [0, 0.1) is 5.82 Å². The molecule has 1 aromatic carbocycles. The molecule has 0 unspecified atom stereocenters. The summed E-state index contributed by atoms with van der Waals surface area (Å²) in [5, 5.41) is 2.85. The summed E-state index contributed by atoms with van der Waals surface area (Å²) < 4.78 is 19.1. The zero-order valence-corrected chi connectivity index (χ0v) is 12.6. The molecule has 4 nitrogen and oxygen atoms in total. The van der Waals surface area contributed by atoms with Gasteiger partial charge in [0.15, 0.2) is 0 Å². The van der Waals surface area contributed by atoms with E-state index in [4.69, 9.17) is 4.74 Å². The molecule has 0 radical (unpaired) electrons. The maximum atomic E-state index is 13.4. The molecule has 0 aliphatic carbocycles. The zero-order valence-electron chi connectivity index (χ0n) is 12.6. The molecule has 1 aliphatic rings. The summed E-state index contributed by atoms with van der Waals surface area (Å²) in [7, 11) is 0. The largest absolute Gasteiger partial charge is 0.373 e. The molecule has 1 aromatic rings. The number of carbonyl (C=O) groups excluding carboxylic acids is 1. The average molecular weight is 294 g/mol. The summed E-state index contributed by atoms with van der Waals surface area (Å²) in [6.45, 7) is 6.39. The Morgan fingerprint density at radius 1 is 1.33 bits per heavy atom. The van der Waals surface area contributed by atoms with Gasteiger partial charge in [0.2, 0.25) is 5.91 Å². The molecule has 0 spiro atoms. The van der Waals surface area contributed by atoms with Gasteiger partial charge >= 0.3 is 0 Å². The van der Waals surface area contributed by atoms with Crippen molar-refractivity contribution < 1.29 is 13.9 Å². The molecule has 1 saturated heterocycles. The number of carbonyl (C=O) groups is 1. The highest BCUT2D eigenvalue weighted by Gasteiger charge is 2.23. The zero-order chi connectivity index (χ0) is 15.2. The molecule has 1 heterocycles. The van der Waals surface area contributed by atoms with Gasteiger partial charge in [0, 0.05) is 19.6 Å². The van der Waals surface area contributed by atoms with E-state index in [0.29, 0.717) is 25.1 Å². The van der Waals surface area contributed by atoms with Crippen molar-refractivity contribution in [3.8, 4) is 0 Å².